The maximum Gasteiger partial charge on any atom is 0.354 e. The lowest BCUT2D eigenvalue weighted by Gasteiger charge is -2.09. The summed E-state index contributed by atoms with van der Waals surface area (Å²) in [6, 6.07) is 8.94. The van der Waals surface area contributed by atoms with Crippen molar-refractivity contribution in [3.8, 4) is 0 Å². The van der Waals surface area contributed by atoms with E-state index in [2.05, 4.69) is 15.3 Å². The van der Waals surface area contributed by atoms with Crippen LogP contribution in [0, 0.1) is 0 Å². The van der Waals surface area contributed by atoms with Gasteiger partial charge in [0.15, 0.2) is 5.69 Å². The molecule has 21 heavy (non-hydrogen) atoms. The number of aromatic carboxylic acids is 1. The van der Waals surface area contributed by atoms with Gasteiger partial charge in [0.05, 0.1) is 6.54 Å². The fraction of sp³-hybridized carbons (Fsp3) is 0.0714. The summed E-state index contributed by atoms with van der Waals surface area (Å²) < 4.78 is 0. The number of nitrogens with zero attached hydrogens (tertiary/aromatic N) is 1. The molecule has 0 bridgehead atoms. The Kier molecular flexibility index (Phi) is 3.41. The molecule has 0 saturated heterocycles. The van der Waals surface area contributed by atoms with E-state index in [1.165, 1.54) is 6.07 Å². The minimum absolute atomic E-state index is 0.0185. The van der Waals surface area contributed by atoms with Gasteiger partial charge in [-0.05, 0) is 11.5 Å². The Morgan fingerprint density at radius 2 is 2.19 bits per heavy atom. The Morgan fingerprint density at radius 3 is 2.90 bits per heavy atom. The van der Waals surface area contributed by atoms with E-state index in [1.54, 1.807) is 5.38 Å². The maximum atomic E-state index is 11.1. The molecule has 106 valence electrons. The van der Waals surface area contributed by atoms with Crippen LogP contribution in [0.2, 0.25) is 0 Å². The number of thiazole rings is 1. The number of anilines is 1. The molecule has 6 nitrogen and oxygen atoms in total. The monoisotopic (exact) mass is 301 g/mol. The van der Waals surface area contributed by atoms with Crippen molar-refractivity contribution in [1.29, 1.82) is 0 Å². The molecule has 0 amide bonds. The van der Waals surface area contributed by atoms with E-state index in [4.69, 9.17) is 5.11 Å². The number of hydrogen-bond donors (Lipinski definition) is 3. The lowest BCUT2D eigenvalue weighted by molar-refractivity contribution is 0.0691. The number of carboxylic acids is 1. The molecule has 2 aromatic heterocycles. The first-order valence-corrected chi connectivity index (χ1v) is 7.05. The van der Waals surface area contributed by atoms with Crippen molar-refractivity contribution in [2.45, 2.75) is 6.54 Å². The van der Waals surface area contributed by atoms with Crippen molar-refractivity contribution in [2.75, 3.05) is 5.32 Å². The van der Waals surface area contributed by atoms with Gasteiger partial charge in [-0.2, -0.15) is 0 Å². The maximum absolute atomic E-state index is 11.1. The molecule has 2 heterocycles. The zero-order chi connectivity index (χ0) is 14.8. The summed E-state index contributed by atoms with van der Waals surface area (Å²) >= 11 is 1.09. The fourth-order valence-electron chi connectivity index (χ4n) is 2.02. The fourth-order valence-corrected chi connectivity index (χ4v) is 2.60. The minimum Gasteiger partial charge on any atom is -0.477 e. The van der Waals surface area contributed by atoms with E-state index in [9.17, 15) is 9.59 Å². The van der Waals surface area contributed by atoms with E-state index in [1.807, 2.05) is 24.3 Å². The molecule has 0 unspecified atom stereocenters. The molecule has 0 radical (unpaired) electrons. The second kappa shape index (κ2) is 5.37. The van der Waals surface area contributed by atoms with Gasteiger partial charge < -0.3 is 15.4 Å². The summed E-state index contributed by atoms with van der Waals surface area (Å²) in [7, 11) is 0. The van der Waals surface area contributed by atoms with Crippen LogP contribution in [0.5, 0.6) is 0 Å². The molecule has 3 rings (SSSR count). The summed E-state index contributed by atoms with van der Waals surface area (Å²) in [5.41, 5.74) is 0.714. The van der Waals surface area contributed by atoms with Crippen LogP contribution in [0.15, 0.2) is 40.5 Å². The van der Waals surface area contributed by atoms with Gasteiger partial charge in [0, 0.05) is 16.5 Å². The summed E-state index contributed by atoms with van der Waals surface area (Å²) in [5.74, 6) is -0.592. The van der Waals surface area contributed by atoms with Crippen molar-refractivity contribution in [1.82, 2.24) is 9.97 Å². The van der Waals surface area contributed by atoms with E-state index < -0.39 is 5.97 Å². The van der Waals surface area contributed by atoms with E-state index >= 15 is 0 Å². The molecule has 0 aliphatic rings. The third kappa shape index (κ3) is 2.77. The lowest BCUT2D eigenvalue weighted by atomic mass is 10.1. The Bertz CT molecular complexity index is 869. The van der Waals surface area contributed by atoms with Crippen molar-refractivity contribution in [2.24, 2.45) is 0 Å². The first kappa shape index (κ1) is 13.3. The van der Waals surface area contributed by atoms with Gasteiger partial charge in [0.1, 0.15) is 5.82 Å². The number of H-pyrrole nitrogens is 1. The SMILES string of the molecule is O=C(O)c1cc2ccccc2c(NCc2csc(=O)[nH]2)n1. The van der Waals surface area contributed by atoms with Gasteiger partial charge in [0.25, 0.3) is 0 Å². The highest BCUT2D eigenvalue weighted by molar-refractivity contribution is 7.07. The molecule has 0 aliphatic heterocycles. The van der Waals surface area contributed by atoms with Crippen LogP contribution in [0.25, 0.3) is 10.8 Å². The highest BCUT2D eigenvalue weighted by Gasteiger charge is 2.10. The smallest absolute Gasteiger partial charge is 0.354 e. The number of nitrogens with one attached hydrogen (secondary N) is 2. The van der Waals surface area contributed by atoms with Gasteiger partial charge in [-0.1, -0.05) is 35.6 Å². The van der Waals surface area contributed by atoms with Crippen molar-refractivity contribution in [3.63, 3.8) is 0 Å². The summed E-state index contributed by atoms with van der Waals surface area (Å²) in [6.45, 7) is 0.374. The predicted octanol–water partition coefficient (Wildman–Crippen LogP) is 2.29. The normalized spacial score (nSPS) is 10.7. The Labute approximate surface area is 123 Å². The third-order valence-electron chi connectivity index (χ3n) is 2.98. The molecule has 0 saturated carbocycles. The zero-order valence-corrected chi connectivity index (χ0v) is 11.6. The minimum atomic E-state index is -1.08. The average molecular weight is 301 g/mol. The topological polar surface area (TPSA) is 95.1 Å². The number of aromatic amines is 1. The van der Waals surface area contributed by atoms with Crippen molar-refractivity contribution in [3.05, 3.63) is 56.8 Å². The van der Waals surface area contributed by atoms with Crippen LogP contribution in [0.4, 0.5) is 5.82 Å². The van der Waals surface area contributed by atoms with E-state index in [-0.39, 0.29) is 10.6 Å². The highest BCUT2D eigenvalue weighted by atomic mass is 32.1. The van der Waals surface area contributed by atoms with Gasteiger partial charge in [0.2, 0.25) is 0 Å². The quantitative estimate of drug-likeness (QED) is 0.687. The van der Waals surface area contributed by atoms with Gasteiger partial charge in [-0.15, -0.1) is 0 Å². The largest absolute Gasteiger partial charge is 0.477 e. The molecule has 1 aromatic carbocycles. The molecule has 0 aliphatic carbocycles. The van der Waals surface area contributed by atoms with Crippen LogP contribution < -0.4 is 10.2 Å². The van der Waals surface area contributed by atoms with Crippen LogP contribution in [0.1, 0.15) is 16.2 Å². The lowest BCUT2D eigenvalue weighted by Crippen LogP contribution is -2.08. The Morgan fingerprint density at radius 1 is 1.38 bits per heavy atom. The van der Waals surface area contributed by atoms with Gasteiger partial charge in [-0.3, -0.25) is 4.79 Å². The van der Waals surface area contributed by atoms with E-state index in [0.717, 1.165) is 27.8 Å². The number of carbonyl (C=O) groups is 1. The van der Waals surface area contributed by atoms with Crippen molar-refractivity contribution < 1.29 is 9.90 Å². The van der Waals surface area contributed by atoms with Crippen LogP contribution >= 0.6 is 11.3 Å². The van der Waals surface area contributed by atoms with Crippen LogP contribution in [0.3, 0.4) is 0 Å². The Hall–Kier alpha value is -2.67. The number of carboxylic acid groups (broad SMARTS) is 1. The van der Waals surface area contributed by atoms with E-state index in [0.29, 0.717) is 12.4 Å². The molecule has 0 fully saturated rings. The van der Waals surface area contributed by atoms with Crippen LogP contribution in [-0.4, -0.2) is 21.0 Å². The van der Waals surface area contributed by atoms with Gasteiger partial charge >= 0.3 is 10.8 Å². The van der Waals surface area contributed by atoms with Crippen LogP contribution in [-0.2, 0) is 6.54 Å². The number of rotatable bonds is 4. The number of fused-ring (bicyclic) bond motifs is 1. The molecule has 3 N–H and O–H groups in total. The first-order valence-electron chi connectivity index (χ1n) is 6.17. The third-order valence-corrected chi connectivity index (χ3v) is 3.70. The second-order valence-electron chi connectivity index (χ2n) is 4.41. The number of pyridine rings is 1. The zero-order valence-electron chi connectivity index (χ0n) is 10.8. The molecule has 3 aromatic rings. The molecular weight excluding hydrogens is 290 g/mol. The predicted molar refractivity (Wildman–Crippen MR) is 81.0 cm³/mol. The molecule has 0 atom stereocenters. The number of benzene rings is 1. The molecule has 0 spiro atoms. The standard InChI is InChI=1S/C14H11N3O3S/c18-13(19)11-5-8-3-1-2-4-10(8)12(17-11)15-6-9-7-21-14(20)16-9/h1-5,7H,6H2,(H,15,17)(H,16,20)(H,18,19). The van der Waals surface area contributed by atoms with Crippen molar-refractivity contribution >= 4 is 33.9 Å². The molecule has 7 heteroatoms. The number of aromatic nitrogens is 2. The average Bonchev–Trinajstić information content (AvgIpc) is 2.90. The second-order valence-corrected chi connectivity index (χ2v) is 5.25. The first-order chi connectivity index (χ1) is 10.1. The van der Waals surface area contributed by atoms with Gasteiger partial charge in [-0.25, -0.2) is 9.78 Å². The molecular formula is C14H11N3O3S. The summed E-state index contributed by atoms with van der Waals surface area (Å²) in [6.07, 6.45) is 0. The highest BCUT2D eigenvalue weighted by Crippen LogP contribution is 2.23. The summed E-state index contributed by atoms with van der Waals surface area (Å²) in [5, 5.41) is 15.5. The number of hydrogen-bond acceptors (Lipinski definition) is 5. The summed E-state index contributed by atoms with van der Waals surface area (Å²) in [4.78, 5) is 28.9. The Balaban J connectivity index is 1.99.